The van der Waals surface area contributed by atoms with Gasteiger partial charge in [0.2, 0.25) is 5.95 Å². The van der Waals surface area contributed by atoms with Crippen LogP contribution in [0, 0.1) is 0 Å². The van der Waals surface area contributed by atoms with Crippen LogP contribution in [0.3, 0.4) is 0 Å². The lowest BCUT2D eigenvalue weighted by Gasteiger charge is -2.18. The fraction of sp³-hybridized carbons (Fsp3) is 0.529. The third-order valence-corrected chi connectivity index (χ3v) is 5.79. The molecule has 1 atom stereocenters. The average molecular weight is 365 g/mol. The maximum Gasteiger partial charge on any atom is 0.232 e. The topological polar surface area (TPSA) is 43.2 Å². The van der Waals surface area contributed by atoms with Crippen LogP contribution in [0.25, 0.3) is 5.69 Å². The highest BCUT2D eigenvalue weighted by molar-refractivity contribution is 7.99. The van der Waals surface area contributed by atoms with Crippen LogP contribution >= 0.6 is 23.4 Å². The molecule has 0 bridgehead atoms. The first-order chi connectivity index (χ1) is 11.8. The van der Waals surface area contributed by atoms with Gasteiger partial charge in [-0.15, -0.1) is 10.2 Å². The molecule has 2 saturated heterocycles. The molecule has 0 saturated carbocycles. The summed E-state index contributed by atoms with van der Waals surface area (Å²) in [7, 11) is 0. The first kappa shape index (κ1) is 16.2. The molecule has 2 aliphatic heterocycles. The van der Waals surface area contributed by atoms with E-state index in [0.29, 0.717) is 6.10 Å². The number of halogens is 1. The van der Waals surface area contributed by atoms with Crippen LogP contribution in [0.15, 0.2) is 29.4 Å². The Kier molecular flexibility index (Phi) is 4.96. The normalized spacial score (nSPS) is 20.9. The van der Waals surface area contributed by atoms with E-state index in [9.17, 15) is 0 Å². The van der Waals surface area contributed by atoms with Gasteiger partial charge < -0.3 is 9.64 Å². The van der Waals surface area contributed by atoms with Gasteiger partial charge in [0.1, 0.15) is 0 Å². The van der Waals surface area contributed by atoms with Crippen LogP contribution in [-0.2, 0) is 4.74 Å². The summed E-state index contributed by atoms with van der Waals surface area (Å²) in [6.45, 7) is 2.95. The molecular weight excluding hydrogens is 344 g/mol. The van der Waals surface area contributed by atoms with Crippen molar-refractivity contribution in [2.45, 2.75) is 36.9 Å². The molecule has 24 heavy (non-hydrogen) atoms. The molecule has 128 valence electrons. The minimum absolute atomic E-state index is 0.328. The van der Waals surface area contributed by atoms with Crippen molar-refractivity contribution >= 4 is 29.3 Å². The molecule has 0 spiro atoms. The quantitative estimate of drug-likeness (QED) is 0.755. The fourth-order valence-corrected chi connectivity index (χ4v) is 4.46. The molecule has 0 amide bonds. The predicted octanol–water partition coefficient (Wildman–Crippen LogP) is 3.79. The third kappa shape index (κ3) is 3.41. The lowest BCUT2D eigenvalue weighted by Crippen LogP contribution is -2.22. The molecule has 0 aliphatic carbocycles. The Balaban J connectivity index is 1.64. The van der Waals surface area contributed by atoms with Gasteiger partial charge in [-0.1, -0.05) is 29.4 Å². The first-order valence-corrected chi connectivity index (χ1v) is 9.88. The monoisotopic (exact) mass is 364 g/mol. The summed E-state index contributed by atoms with van der Waals surface area (Å²) in [6, 6.07) is 7.90. The zero-order valence-corrected chi connectivity index (χ0v) is 15.1. The van der Waals surface area contributed by atoms with E-state index in [1.807, 2.05) is 18.2 Å². The van der Waals surface area contributed by atoms with Crippen molar-refractivity contribution in [2.24, 2.45) is 0 Å². The highest BCUT2D eigenvalue weighted by atomic mass is 35.5. The number of rotatable bonds is 5. The van der Waals surface area contributed by atoms with Crippen LogP contribution in [0.1, 0.15) is 25.7 Å². The van der Waals surface area contributed by atoms with Gasteiger partial charge in [0.15, 0.2) is 5.16 Å². The molecule has 2 aliphatic rings. The van der Waals surface area contributed by atoms with E-state index in [1.54, 1.807) is 11.8 Å². The van der Waals surface area contributed by atoms with Crippen LogP contribution in [0.4, 0.5) is 5.95 Å². The minimum Gasteiger partial charge on any atom is -0.377 e. The van der Waals surface area contributed by atoms with E-state index in [0.717, 1.165) is 60.1 Å². The average Bonchev–Trinajstić information content (AvgIpc) is 3.33. The standard InChI is InChI=1S/C17H21ClN4OS/c18-13-5-3-6-14(11-13)22-16(21-8-1-2-9-21)19-20-17(22)24-12-15-7-4-10-23-15/h3,5-6,11,15H,1-2,4,7-10,12H2/t15-/m1/s1. The van der Waals surface area contributed by atoms with Gasteiger partial charge in [-0.25, -0.2) is 0 Å². The van der Waals surface area contributed by atoms with E-state index in [-0.39, 0.29) is 0 Å². The predicted molar refractivity (Wildman–Crippen MR) is 97.5 cm³/mol. The Hall–Kier alpha value is -1.24. The molecule has 5 nitrogen and oxygen atoms in total. The summed E-state index contributed by atoms with van der Waals surface area (Å²) in [4.78, 5) is 2.31. The van der Waals surface area contributed by atoms with Gasteiger partial charge in [-0.3, -0.25) is 4.57 Å². The van der Waals surface area contributed by atoms with Crippen LogP contribution in [-0.4, -0.2) is 46.3 Å². The second kappa shape index (κ2) is 7.33. The number of hydrogen-bond donors (Lipinski definition) is 0. The molecule has 0 N–H and O–H groups in total. The molecular formula is C17H21ClN4OS. The van der Waals surface area contributed by atoms with Gasteiger partial charge in [0.05, 0.1) is 11.8 Å². The van der Waals surface area contributed by atoms with Crippen molar-refractivity contribution < 1.29 is 4.74 Å². The number of aromatic nitrogens is 3. The Morgan fingerprint density at radius 1 is 1.21 bits per heavy atom. The van der Waals surface area contributed by atoms with E-state index in [2.05, 4.69) is 25.7 Å². The smallest absolute Gasteiger partial charge is 0.232 e. The van der Waals surface area contributed by atoms with Gasteiger partial charge in [-0.05, 0) is 43.9 Å². The SMILES string of the molecule is Clc1cccc(-n2c(SC[C@H]3CCCO3)nnc2N2CCCC2)c1. The number of ether oxygens (including phenoxy) is 1. The van der Waals surface area contributed by atoms with Gasteiger partial charge in [0, 0.05) is 30.5 Å². The fourth-order valence-electron chi connectivity index (χ4n) is 3.26. The lowest BCUT2D eigenvalue weighted by atomic mass is 10.3. The zero-order chi connectivity index (χ0) is 16.4. The maximum atomic E-state index is 6.21. The van der Waals surface area contributed by atoms with Gasteiger partial charge in [0.25, 0.3) is 0 Å². The van der Waals surface area contributed by atoms with Gasteiger partial charge in [-0.2, -0.15) is 0 Å². The molecule has 0 unspecified atom stereocenters. The number of hydrogen-bond acceptors (Lipinski definition) is 5. The van der Waals surface area contributed by atoms with Crippen LogP contribution < -0.4 is 4.90 Å². The summed E-state index contributed by atoms with van der Waals surface area (Å²) in [5.41, 5.74) is 1.02. The Bertz CT molecular complexity index is 696. The summed E-state index contributed by atoms with van der Waals surface area (Å²) >= 11 is 7.93. The van der Waals surface area contributed by atoms with Crippen molar-refractivity contribution in [2.75, 3.05) is 30.3 Å². The van der Waals surface area contributed by atoms with E-state index in [4.69, 9.17) is 16.3 Å². The molecule has 4 rings (SSSR count). The van der Waals surface area contributed by atoms with Crippen molar-refractivity contribution in [1.29, 1.82) is 0 Å². The Morgan fingerprint density at radius 2 is 2.08 bits per heavy atom. The number of nitrogens with zero attached hydrogens (tertiary/aromatic N) is 4. The third-order valence-electron chi connectivity index (χ3n) is 4.49. The molecule has 1 aromatic heterocycles. The minimum atomic E-state index is 0.328. The summed E-state index contributed by atoms with van der Waals surface area (Å²) in [6.07, 6.45) is 5.04. The maximum absolute atomic E-state index is 6.21. The van der Waals surface area contributed by atoms with E-state index in [1.165, 1.54) is 12.8 Å². The van der Waals surface area contributed by atoms with Crippen LogP contribution in [0.5, 0.6) is 0 Å². The highest BCUT2D eigenvalue weighted by Crippen LogP contribution is 2.31. The summed E-state index contributed by atoms with van der Waals surface area (Å²) in [5.74, 6) is 1.84. The summed E-state index contributed by atoms with van der Waals surface area (Å²) < 4.78 is 7.87. The van der Waals surface area contributed by atoms with Crippen molar-refractivity contribution in [3.05, 3.63) is 29.3 Å². The van der Waals surface area contributed by atoms with Gasteiger partial charge >= 0.3 is 0 Å². The van der Waals surface area contributed by atoms with E-state index >= 15 is 0 Å². The van der Waals surface area contributed by atoms with Crippen molar-refractivity contribution in [3.63, 3.8) is 0 Å². The molecule has 2 aromatic rings. The molecule has 0 radical (unpaired) electrons. The second-order valence-corrected chi connectivity index (χ2v) is 7.66. The molecule has 2 fully saturated rings. The van der Waals surface area contributed by atoms with Crippen molar-refractivity contribution in [3.8, 4) is 5.69 Å². The first-order valence-electron chi connectivity index (χ1n) is 8.52. The van der Waals surface area contributed by atoms with Crippen molar-refractivity contribution in [1.82, 2.24) is 14.8 Å². The number of thioether (sulfide) groups is 1. The lowest BCUT2D eigenvalue weighted by molar-refractivity contribution is 0.129. The Labute approximate surface area is 151 Å². The highest BCUT2D eigenvalue weighted by Gasteiger charge is 2.24. The van der Waals surface area contributed by atoms with Crippen LogP contribution in [0.2, 0.25) is 5.02 Å². The number of benzene rings is 1. The zero-order valence-electron chi connectivity index (χ0n) is 13.5. The summed E-state index contributed by atoms with van der Waals surface area (Å²) in [5, 5.41) is 10.6. The molecule has 3 heterocycles. The second-order valence-electron chi connectivity index (χ2n) is 6.24. The number of anilines is 1. The molecule has 7 heteroatoms. The Morgan fingerprint density at radius 3 is 2.83 bits per heavy atom. The molecule has 1 aromatic carbocycles. The largest absolute Gasteiger partial charge is 0.377 e. The van der Waals surface area contributed by atoms with E-state index < -0.39 is 0 Å².